The summed E-state index contributed by atoms with van der Waals surface area (Å²) in [5.41, 5.74) is 1.95. The van der Waals surface area contributed by atoms with Gasteiger partial charge in [-0.05, 0) is 44.7 Å². The van der Waals surface area contributed by atoms with Crippen molar-refractivity contribution >= 4 is 11.8 Å². The van der Waals surface area contributed by atoms with Crippen LogP contribution in [-0.2, 0) is 11.4 Å². The average molecular weight is 336 g/mol. The highest BCUT2D eigenvalue weighted by Crippen LogP contribution is 2.38. The minimum absolute atomic E-state index is 0.183. The first kappa shape index (κ1) is 18.8. The molecule has 0 spiro atoms. The first-order chi connectivity index (χ1) is 10.5. The fourth-order valence-electron chi connectivity index (χ4n) is 3.21. The van der Waals surface area contributed by atoms with Crippen LogP contribution in [0.25, 0.3) is 0 Å². The Balaban J connectivity index is 2.15. The molecule has 0 saturated carbocycles. The van der Waals surface area contributed by atoms with Crippen molar-refractivity contribution in [1.82, 2.24) is 4.90 Å². The Morgan fingerprint density at radius 3 is 2.13 bits per heavy atom. The van der Waals surface area contributed by atoms with Gasteiger partial charge in [-0.15, -0.1) is 0 Å². The molecule has 1 aromatic rings. The Kier molecular flexibility index (Phi) is 5.55. The summed E-state index contributed by atoms with van der Waals surface area (Å²) in [5, 5.41) is 11.3. The van der Waals surface area contributed by atoms with Crippen molar-refractivity contribution in [3.63, 3.8) is 0 Å². The summed E-state index contributed by atoms with van der Waals surface area (Å²) < 4.78 is 0.241. The van der Waals surface area contributed by atoms with Crippen molar-refractivity contribution in [1.29, 1.82) is 0 Å². The Labute approximate surface area is 146 Å². The molecule has 1 saturated heterocycles. The molecule has 3 heteroatoms. The minimum Gasteiger partial charge on any atom is -0.385 e. The van der Waals surface area contributed by atoms with Gasteiger partial charge in [0.1, 0.15) is 0 Å². The van der Waals surface area contributed by atoms with Gasteiger partial charge in [0.25, 0.3) is 0 Å². The van der Waals surface area contributed by atoms with Crippen molar-refractivity contribution in [3.05, 3.63) is 35.4 Å². The SMILES string of the molecule is CC(C)(C)SCc1ccccc1C1(O)CCN(C(C)(C)C)CC1. The molecule has 0 unspecified atom stereocenters. The van der Waals surface area contributed by atoms with Crippen LogP contribution >= 0.6 is 11.8 Å². The number of nitrogens with zero attached hydrogens (tertiary/aromatic N) is 1. The number of piperidine rings is 1. The van der Waals surface area contributed by atoms with E-state index in [0.717, 1.165) is 37.2 Å². The molecular weight excluding hydrogens is 302 g/mol. The number of likely N-dealkylation sites (tertiary alicyclic amines) is 1. The van der Waals surface area contributed by atoms with Gasteiger partial charge < -0.3 is 5.11 Å². The second kappa shape index (κ2) is 6.78. The summed E-state index contributed by atoms with van der Waals surface area (Å²) in [6, 6.07) is 8.47. The van der Waals surface area contributed by atoms with Crippen LogP contribution in [0.4, 0.5) is 0 Å². The molecular formula is C20H33NOS. The number of rotatable bonds is 3. The van der Waals surface area contributed by atoms with Crippen LogP contribution in [0, 0.1) is 0 Å². The van der Waals surface area contributed by atoms with E-state index in [0.29, 0.717) is 0 Å². The minimum atomic E-state index is -0.670. The second-order valence-corrected chi connectivity index (χ2v) is 10.5. The van der Waals surface area contributed by atoms with E-state index >= 15 is 0 Å². The molecule has 130 valence electrons. The fraction of sp³-hybridized carbons (Fsp3) is 0.700. The standard InChI is InChI=1S/C20H33NOS/c1-18(2,3)21-13-11-20(22,12-14-21)17-10-8-7-9-16(17)15-23-19(4,5)6/h7-10,22H,11-15H2,1-6H3. The predicted molar refractivity (Wildman–Crippen MR) is 102 cm³/mol. The van der Waals surface area contributed by atoms with Gasteiger partial charge in [-0.3, -0.25) is 4.90 Å². The van der Waals surface area contributed by atoms with Crippen LogP contribution in [0.2, 0.25) is 0 Å². The van der Waals surface area contributed by atoms with Gasteiger partial charge >= 0.3 is 0 Å². The molecule has 1 heterocycles. The summed E-state index contributed by atoms with van der Waals surface area (Å²) in [7, 11) is 0. The highest BCUT2D eigenvalue weighted by molar-refractivity contribution is 7.99. The van der Waals surface area contributed by atoms with Gasteiger partial charge in [0.15, 0.2) is 0 Å². The fourth-order valence-corrected chi connectivity index (χ4v) is 4.05. The molecule has 2 rings (SSSR count). The lowest BCUT2D eigenvalue weighted by Gasteiger charge is -2.45. The number of benzene rings is 1. The molecule has 23 heavy (non-hydrogen) atoms. The first-order valence-corrected chi connectivity index (χ1v) is 9.70. The average Bonchev–Trinajstić information content (AvgIpc) is 2.44. The third kappa shape index (κ3) is 4.98. The van der Waals surface area contributed by atoms with Crippen LogP contribution in [0.15, 0.2) is 24.3 Å². The lowest BCUT2D eigenvalue weighted by molar-refractivity contribution is -0.0465. The van der Waals surface area contributed by atoms with Crippen molar-refractivity contribution in [2.75, 3.05) is 13.1 Å². The molecule has 1 aliphatic rings. The molecule has 0 radical (unpaired) electrons. The highest BCUT2D eigenvalue weighted by Gasteiger charge is 2.38. The van der Waals surface area contributed by atoms with Gasteiger partial charge in [-0.1, -0.05) is 45.0 Å². The Morgan fingerprint density at radius 1 is 1.04 bits per heavy atom. The van der Waals surface area contributed by atoms with Gasteiger partial charge in [-0.25, -0.2) is 0 Å². The molecule has 0 bridgehead atoms. The summed E-state index contributed by atoms with van der Waals surface area (Å²) >= 11 is 1.95. The number of thioether (sulfide) groups is 1. The van der Waals surface area contributed by atoms with Gasteiger partial charge in [0.2, 0.25) is 0 Å². The molecule has 1 fully saturated rings. The monoisotopic (exact) mass is 335 g/mol. The molecule has 1 N–H and O–H groups in total. The lowest BCUT2D eigenvalue weighted by Crippen LogP contribution is -2.50. The Morgan fingerprint density at radius 2 is 1.61 bits per heavy atom. The van der Waals surface area contributed by atoms with E-state index < -0.39 is 5.60 Å². The molecule has 1 aliphatic heterocycles. The smallest absolute Gasteiger partial charge is 0.0923 e. The first-order valence-electron chi connectivity index (χ1n) is 8.71. The third-order valence-electron chi connectivity index (χ3n) is 4.72. The summed E-state index contributed by atoms with van der Waals surface area (Å²) in [6.45, 7) is 15.4. The summed E-state index contributed by atoms with van der Waals surface area (Å²) in [6.07, 6.45) is 1.64. The van der Waals surface area contributed by atoms with E-state index in [1.165, 1.54) is 5.56 Å². The van der Waals surface area contributed by atoms with Crippen LogP contribution in [0.5, 0.6) is 0 Å². The largest absolute Gasteiger partial charge is 0.385 e. The Hall–Kier alpha value is -0.510. The third-order valence-corrected chi connectivity index (χ3v) is 6.04. The lowest BCUT2D eigenvalue weighted by atomic mass is 9.81. The van der Waals surface area contributed by atoms with Crippen LogP contribution < -0.4 is 0 Å². The van der Waals surface area contributed by atoms with Crippen LogP contribution in [0.1, 0.15) is 65.5 Å². The normalized spacial score (nSPS) is 19.8. The maximum atomic E-state index is 11.3. The van der Waals surface area contributed by atoms with Gasteiger partial charge in [0, 0.05) is 29.1 Å². The maximum Gasteiger partial charge on any atom is 0.0923 e. The van der Waals surface area contributed by atoms with Crippen molar-refractivity contribution in [3.8, 4) is 0 Å². The van der Waals surface area contributed by atoms with Crippen LogP contribution in [-0.4, -0.2) is 33.4 Å². The predicted octanol–water partition coefficient (Wildman–Crippen LogP) is 4.80. The van der Waals surface area contributed by atoms with E-state index in [1.54, 1.807) is 0 Å². The molecule has 0 amide bonds. The molecule has 0 aromatic heterocycles. The van der Waals surface area contributed by atoms with Crippen LogP contribution in [0.3, 0.4) is 0 Å². The number of hydrogen-bond acceptors (Lipinski definition) is 3. The van der Waals surface area contributed by atoms with E-state index in [9.17, 15) is 5.11 Å². The van der Waals surface area contributed by atoms with E-state index in [1.807, 2.05) is 11.8 Å². The molecule has 0 aliphatic carbocycles. The van der Waals surface area contributed by atoms with E-state index in [4.69, 9.17) is 0 Å². The van der Waals surface area contributed by atoms with E-state index in [2.05, 4.69) is 70.7 Å². The topological polar surface area (TPSA) is 23.5 Å². The van der Waals surface area contributed by atoms with Gasteiger partial charge in [-0.2, -0.15) is 11.8 Å². The Bertz CT molecular complexity index is 519. The zero-order valence-electron chi connectivity index (χ0n) is 15.6. The quantitative estimate of drug-likeness (QED) is 0.858. The summed E-state index contributed by atoms with van der Waals surface area (Å²) in [4.78, 5) is 2.48. The number of aliphatic hydroxyl groups is 1. The zero-order chi connectivity index (χ0) is 17.3. The molecule has 2 nitrogen and oxygen atoms in total. The zero-order valence-corrected chi connectivity index (χ0v) is 16.5. The highest BCUT2D eigenvalue weighted by atomic mass is 32.2. The molecule has 0 atom stereocenters. The number of hydrogen-bond donors (Lipinski definition) is 1. The van der Waals surface area contributed by atoms with Crippen molar-refractivity contribution < 1.29 is 5.11 Å². The maximum absolute atomic E-state index is 11.3. The molecule has 1 aromatic carbocycles. The van der Waals surface area contributed by atoms with E-state index in [-0.39, 0.29) is 10.3 Å². The summed E-state index contributed by atoms with van der Waals surface area (Å²) in [5.74, 6) is 0.963. The van der Waals surface area contributed by atoms with Gasteiger partial charge in [0.05, 0.1) is 5.60 Å². The van der Waals surface area contributed by atoms with Crippen molar-refractivity contribution in [2.24, 2.45) is 0 Å². The second-order valence-electron chi connectivity index (χ2n) is 8.75. The van der Waals surface area contributed by atoms with Crippen molar-refractivity contribution in [2.45, 2.75) is 76.0 Å².